The van der Waals surface area contributed by atoms with Gasteiger partial charge in [-0.2, -0.15) is 0 Å². The lowest BCUT2D eigenvalue weighted by molar-refractivity contribution is -0.139. The van der Waals surface area contributed by atoms with Gasteiger partial charge in [-0.15, -0.1) is 0 Å². The highest BCUT2D eigenvalue weighted by Crippen LogP contribution is 2.43. The SMILES string of the molecule is CC(C)n1c(C=CC(O)CC(O)CC(=O)O)c(-c2ccc(F)cc2)c(-c2ccc(F)cc2)c1C(=O)N(Cl)c1ccccc1. The van der Waals surface area contributed by atoms with E-state index in [2.05, 4.69) is 0 Å². The van der Waals surface area contributed by atoms with Crippen LogP contribution < -0.4 is 4.42 Å². The molecule has 3 N–H and O–H groups in total. The van der Waals surface area contributed by atoms with Gasteiger partial charge in [-0.1, -0.05) is 48.5 Å². The van der Waals surface area contributed by atoms with Crippen molar-refractivity contribution >= 4 is 35.4 Å². The third kappa shape index (κ3) is 7.37. The predicted molar refractivity (Wildman–Crippen MR) is 163 cm³/mol. The minimum absolute atomic E-state index is 0.167. The first-order valence-electron chi connectivity index (χ1n) is 13.6. The number of para-hydroxylation sites is 1. The van der Waals surface area contributed by atoms with Crippen molar-refractivity contribution in [2.45, 2.75) is 44.9 Å². The zero-order chi connectivity index (χ0) is 31.3. The normalized spacial score (nSPS) is 12.9. The number of carbonyl (C=O) groups is 2. The molecule has 224 valence electrons. The monoisotopic (exact) mass is 608 g/mol. The summed E-state index contributed by atoms with van der Waals surface area (Å²) in [7, 11) is 0. The van der Waals surface area contributed by atoms with Gasteiger partial charge in [0.25, 0.3) is 5.91 Å². The molecule has 0 aliphatic rings. The van der Waals surface area contributed by atoms with Crippen molar-refractivity contribution in [2.24, 2.45) is 0 Å². The van der Waals surface area contributed by atoms with Crippen molar-refractivity contribution < 1.29 is 33.7 Å². The number of nitrogens with zero attached hydrogens (tertiary/aromatic N) is 2. The Hall–Kier alpha value is -4.31. The summed E-state index contributed by atoms with van der Waals surface area (Å²) in [6.45, 7) is 3.70. The van der Waals surface area contributed by atoms with Crippen LogP contribution in [0.15, 0.2) is 84.9 Å². The fourth-order valence-corrected chi connectivity index (χ4v) is 5.13. The first kappa shape index (κ1) is 31.6. The van der Waals surface area contributed by atoms with E-state index in [4.69, 9.17) is 16.9 Å². The predicted octanol–water partition coefficient (Wildman–Crippen LogP) is 7.08. The lowest BCUT2D eigenvalue weighted by atomic mass is 9.94. The van der Waals surface area contributed by atoms with Gasteiger partial charge in [0.05, 0.1) is 24.3 Å². The largest absolute Gasteiger partial charge is 0.481 e. The minimum atomic E-state index is -1.28. The Morgan fingerprint density at radius 2 is 1.42 bits per heavy atom. The molecule has 10 heteroatoms. The molecule has 0 fully saturated rings. The second-order valence-electron chi connectivity index (χ2n) is 10.3. The van der Waals surface area contributed by atoms with E-state index in [1.54, 1.807) is 53.1 Å². The molecule has 0 aliphatic heterocycles. The van der Waals surface area contributed by atoms with Crippen LogP contribution >= 0.6 is 11.8 Å². The van der Waals surface area contributed by atoms with Gasteiger partial charge in [0.1, 0.15) is 17.3 Å². The van der Waals surface area contributed by atoms with E-state index >= 15 is 0 Å². The van der Waals surface area contributed by atoms with E-state index in [9.17, 15) is 28.6 Å². The van der Waals surface area contributed by atoms with Gasteiger partial charge in [0, 0.05) is 41.1 Å². The number of carboxylic acid groups (broad SMARTS) is 1. The van der Waals surface area contributed by atoms with Gasteiger partial charge in [-0.3, -0.25) is 9.59 Å². The fourth-order valence-electron chi connectivity index (χ4n) is 4.94. The summed E-state index contributed by atoms with van der Waals surface area (Å²) in [6, 6.07) is 19.5. The number of carbonyl (C=O) groups excluding carboxylic acids is 1. The highest BCUT2D eigenvalue weighted by Gasteiger charge is 2.32. The summed E-state index contributed by atoms with van der Waals surface area (Å²) < 4.78 is 30.8. The number of hydrogen-bond donors (Lipinski definition) is 3. The summed E-state index contributed by atoms with van der Waals surface area (Å²) >= 11 is 6.63. The van der Waals surface area contributed by atoms with Crippen LogP contribution in [0.5, 0.6) is 0 Å². The molecule has 4 rings (SSSR count). The Morgan fingerprint density at radius 3 is 1.93 bits per heavy atom. The number of hydrogen-bond acceptors (Lipinski definition) is 4. The van der Waals surface area contributed by atoms with Crippen LogP contribution in [-0.4, -0.2) is 44.0 Å². The number of rotatable bonds is 11. The average molecular weight is 609 g/mol. The number of benzene rings is 3. The molecule has 1 amide bonds. The lowest BCUT2D eigenvalue weighted by Gasteiger charge is -2.20. The molecular weight excluding hydrogens is 578 g/mol. The molecule has 1 heterocycles. The van der Waals surface area contributed by atoms with Crippen LogP contribution in [0.1, 0.15) is 48.9 Å². The average Bonchev–Trinajstić information content (AvgIpc) is 3.31. The topological polar surface area (TPSA) is 103 Å². The molecule has 2 atom stereocenters. The van der Waals surface area contributed by atoms with Gasteiger partial charge in [0.2, 0.25) is 0 Å². The Bertz CT molecular complexity index is 1600. The first-order chi connectivity index (χ1) is 20.5. The molecule has 43 heavy (non-hydrogen) atoms. The number of aliphatic carboxylic acids is 1. The van der Waals surface area contributed by atoms with Gasteiger partial charge in [-0.05, 0) is 67.4 Å². The molecule has 7 nitrogen and oxygen atoms in total. The molecule has 0 saturated heterocycles. The van der Waals surface area contributed by atoms with Crippen LogP contribution in [-0.2, 0) is 4.79 Å². The van der Waals surface area contributed by atoms with E-state index < -0.39 is 42.1 Å². The number of carboxylic acids is 1. The lowest BCUT2D eigenvalue weighted by Crippen LogP contribution is -2.25. The molecule has 0 spiro atoms. The Morgan fingerprint density at radius 1 is 0.884 bits per heavy atom. The first-order valence-corrected chi connectivity index (χ1v) is 13.9. The van der Waals surface area contributed by atoms with Gasteiger partial charge < -0.3 is 19.9 Å². The van der Waals surface area contributed by atoms with Crippen LogP contribution in [0.4, 0.5) is 14.5 Å². The molecule has 1 aromatic heterocycles. The molecule has 2 unspecified atom stereocenters. The number of halogens is 3. The maximum atomic E-state index is 14.2. The maximum Gasteiger partial charge on any atom is 0.305 e. The second kappa shape index (κ2) is 13.8. The maximum absolute atomic E-state index is 14.2. The Labute approximate surface area is 253 Å². The van der Waals surface area contributed by atoms with Gasteiger partial charge >= 0.3 is 5.97 Å². The van der Waals surface area contributed by atoms with E-state index in [0.29, 0.717) is 33.6 Å². The zero-order valence-corrected chi connectivity index (χ0v) is 24.2. The fraction of sp³-hybridized carbons (Fsp3) is 0.212. The quantitative estimate of drug-likeness (QED) is 0.158. The van der Waals surface area contributed by atoms with Crippen molar-refractivity contribution in [1.29, 1.82) is 0 Å². The minimum Gasteiger partial charge on any atom is -0.481 e. The number of aliphatic hydroxyl groups is 2. The van der Waals surface area contributed by atoms with Crippen LogP contribution in [0.3, 0.4) is 0 Å². The molecule has 0 radical (unpaired) electrons. The zero-order valence-electron chi connectivity index (χ0n) is 23.5. The number of amides is 1. The number of anilines is 1. The van der Waals surface area contributed by atoms with Crippen molar-refractivity contribution in [3.8, 4) is 22.3 Å². The second-order valence-corrected chi connectivity index (χ2v) is 10.6. The van der Waals surface area contributed by atoms with E-state index in [0.717, 1.165) is 4.42 Å². The molecule has 3 aromatic carbocycles. The number of aliphatic hydroxyl groups excluding tert-OH is 2. The highest BCUT2D eigenvalue weighted by molar-refractivity contribution is 6.40. The Kier molecular flexibility index (Phi) is 10.1. The van der Waals surface area contributed by atoms with Crippen LogP contribution in [0.2, 0.25) is 0 Å². The molecule has 0 bridgehead atoms. The summed E-state index contributed by atoms with van der Waals surface area (Å²) in [5.41, 5.74) is 2.97. The van der Waals surface area contributed by atoms with Gasteiger partial charge in [0.15, 0.2) is 0 Å². The van der Waals surface area contributed by atoms with Crippen LogP contribution in [0.25, 0.3) is 28.3 Å². The van der Waals surface area contributed by atoms with E-state index in [1.165, 1.54) is 42.5 Å². The third-order valence-corrected chi connectivity index (χ3v) is 7.14. The van der Waals surface area contributed by atoms with Crippen molar-refractivity contribution in [3.63, 3.8) is 0 Å². The van der Waals surface area contributed by atoms with Crippen molar-refractivity contribution in [3.05, 3.63) is 108 Å². The molecule has 0 aliphatic carbocycles. The van der Waals surface area contributed by atoms with Gasteiger partial charge in [-0.25, -0.2) is 13.2 Å². The summed E-state index contributed by atoms with van der Waals surface area (Å²) in [6.07, 6.45) is -0.322. The van der Waals surface area contributed by atoms with Crippen molar-refractivity contribution in [1.82, 2.24) is 4.57 Å². The molecule has 4 aromatic rings. The van der Waals surface area contributed by atoms with E-state index in [-0.39, 0.29) is 18.2 Å². The molecule has 0 saturated carbocycles. The summed E-state index contributed by atoms with van der Waals surface area (Å²) in [4.78, 5) is 25.2. The summed E-state index contributed by atoms with van der Waals surface area (Å²) in [5.74, 6) is -2.73. The molecular formula is C33H31ClF2N2O5. The number of aromatic nitrogens is 1. The Balaban J connectivity index is 2.01. The third-order valence-electron chi connectivity index (χ3n) is 6.79. The van der Waals surface area contributed by atoms with Crippen LogP contribution in [0, 0.1) is 11.6 Å². The highest BCUT2D eigenvalue weighted by atomic mass is 35.5. The summed E-state index contributed by atoms with van der Waals surface area (Å²) in [5, 5.41) is 29.7. The standard InChI is InChI=1S/C33H31ClF2N2O5/c1-20(2)37-28(17-16-26(39)18-27(40)19-29(41)42)30(21-8-12-23(35)13-9-21)31(22-10-14-24(36)15-11-22)32(37)33(43)38(34)25-6-4-3-5-7-25/h3-17,20,26-27,39-40H,18-19H2,1-2H3,(H,41,42). The van der Waals surface area contributed by atoms with E-state index in [1.807, 2.05) is 13.8 Å². The smallest absolute Gasteiger partial charge is 0.305 e. The van der Waals surface area contributed by atoms with Crippen molar-refractivity contribution in [2.75, 3.05) is 4.42 Å².